The second-order valence-corrected chi connectivity index (χ2v) is 1.97. The van der Waals surface area contributed by atoms with Gasteiger partial charge in [0.25, 0.3) is 0 Å². The van der Waals surface area contributed by atoms with E-state index in [4.69, 9.17) is 0 Å². The van der Waals surface area contributed by atoms with Crippen molar-refractivity contribution in [2.24, 2.45) is 0 Å². The highest BCUT2D eigenvalue weighted by molar-refractivity contribution is 5.91. The van der Waals surface area contributed by atoms with E-state index in [2.05, 4.69) is 16.1 Å². The normalized spacial score (nSPS) is 8.58. The van der Waals surface area contributed by atoms with Gasteiger partial charge in [-0.3, -0.25) is 4.90 Å². The van der Waals surface area contributed by atoms with Crippen LogP contribution in [0, 0.1) is 0 Å². The van der Waals surface area contributed by atoms with Gasteiger partial charge in [-0.1, -0.05) is 6.58 Å². The molecule has 0 aliphatic rings. The maximum Gasteiger partial charge on any atom is 0.413 e. The van der Waals surface area contributed by atoms with E-state index in [1.165, 1.54) is 21.3 Å². The van der Waals surface area contributed by atoms with E-state index < -0.39 is 12.1 Å². The maximum absolute atomic E-state index is 10.8. The van der Waals surface area contributed by atoms with Crippen LogP contribution < -0.4 is 0 Å². The minimum Gasteiger partial charge on any atom is -0.464 e. The molecule has 0 aromatic rings. The average Bonchev–Trinajstić information content (AvgIpc) is 2.12. The van der Waals surface area contributed by atoms with Gasteiger partial charge in [0.1, 0.15) is 5.70 Å². The molecule has 0 saturated heterocycles. The minimum absolute atomic E-state index is 0.0654. The summed E-state index contributed by atoms with van der Waals surface area (Å²) in [5, 5.41) is 0. The Kier molecular flexibility index (Phi) is 3.82. The van der Waals surface area contributed by atoms with Gasteiger partial charge in [0.05, 0.1) is 14.2 Å². The summed E-state index contributed by atoms with van der Waals surface area (Å²) in [7, 11) is 3.78. The van der Waals surface area contributed by atoms with Crippen molar-refractivity contribution in [1.82, 2.24) is 4.90 Å². The molecule has 0 fully saturated rings. The Bertz CT molecular complexity index is 211. The third-order valence-electron chi connectivity index (χ3n) is 1.27. The summed E-state index contributed by atoms with van der Waals surface area (Å²) < 4.78 is 8.69. The SMILES string of the molecule is C=C(C(=O)OC)N(C)C(=O)OC. The van der Waals surface area contributed by atoms with Crippen molar-refractivity contribution in [3.63, 3.8) is 0 Å². The number of hydrogen-bond donors (Lipinski definition) is 0. The summed E-state index contributed by atoms with van der Waals surface area (Å²) >= 11 is 0. The molecule has 0 unspecified atom stereocenters. The zero-order chi connectivity index (χ0) is 9.72. The maximum atomic E-state index is 10.8. The number of rotatable bonds is 2. The molecule has 0 N–H and O–H groups in total. The van der Waals surface area contributed by atoms with Gasteiger partial charge in [-0.05, 0) is 0 Å². The van der Waals surface area contributed by atoms with Gasteiger partial charge in [-0.25, -0.2) is 9.59 Å². The number of amides is 1. The molecule has 5 nitrogen and oxygen atoms in total. The highest BCUT2D eigenvalue weighted by Crippen LogP contribution is 2.01. The van der Waals surface area contributed by atoms with Gasteiger partial charge in [-0.15, -0.1) is 0 Å². The second-order valence-electron chi connectivity index (χ2n) is 1.97. The van der Waals surface area contributed by atoms with Crippen LogP contribution in [0.3, 0.4) is 0 Å². The first-order chi connectivity index (χ1) is 5.54. The molecule has 0 bridgehead atoms. The molecule has 0 spiro atoms. The van der Waals surface area contributed by atoms with E-state index in [1.807, 2.05) is 0 Å². The van der Waals surface area contributed by atoms with E-state index in [9.17, 15) is 9.59 Å². The minimum atomic E-state index is -0.664. The highest BCUT2D eigenvalue weighted by atomic mass is 16.5. The van der Waals surface area contributed by atoms with Crippen molar-refractivity contribution in [2.75, 3.05) is 21.3 Å². The van der Waals surface area contributed by atoms with Crippen molar-refractivity contribution in [3.8, 4) is 0 Å². The summed E-state index contributed by atoms with van der Waals surface area (Å²) in [4.78, 5) is 22.6. The molecule has 1 amide bonds. The molecule has 0 radical (unpaired) electrons. The summed E-state index contributed by atoms with van der Waals surface area (Å²) in [6.45, 7) is 3.34. The Morgan fingerprint density at radius 3 is 2.08 bits per heavy atom. The van der Waals surface area contributed by atoms with E-state index in [0.717, 1.165) is 4.90 Å². The lowest BCUT2D eigenvalue weighted by Gasteiger charge is -2.15. The van der Waals surface area contributed by atoms with E-state index in [1.54, 1.807) is 0 Å². The number of methoxy groups -OCH3 is 2. The van der Waals surface area contributed by atoms with Crippen molar-refractivity contribution in [1.29, 1.82) is 0 Å². The van der Waals surface area contributed by atoms with Crippen molar-refractivity contribution in [3.05, 3.63) is 12.3 Å². The van der Waals surface area contributed by atoms with Gasteiger partial charge in [-0.2, -0.15) is 0 Å². The summed E-state index contributed by atoms with van der Waals surface area (Å²) in [6.07, 6.45) is -0.662. The molecule has 0 rings (SSSR count). The third-order valence-corrected chi connectivity index (χ3v) is 1.27. The number of ether oxygens (including phenoxy) is 2. The van der Waals surface area contributed by atoms with Gasteiger partial charge in [0.2, 0.25) is 0 Å². The average molecular weight is 173 g/mol. The molecule has 0 atom stereocenters. The Morgan fingerprint density at radius 2 is 1.75 bits per heavy atom. The van der Waals surface area contributed by atoms with Crippen LogP contribution in [0.5, 0.6) is 0 Å². The topological polar surface area (TPSA) is 55.8 Å². The van der Waals surface area contributed by atoms with Gasteiger partial charge >= 0.3 is 12.1 Å². The number of esters is 1. The number of hydrogen-bond acceptors (Lipinski definition) is 4. The predicted molar refractivity (Wildman–Crippen MR) is 41.3 cm³/mol. The zero-order valence-electron chi connectivity index (χ0n) is 7.29. The fourth-order valence-corrected chi connectivity index (χ4v) is 0.502. The first-order valence-electron chi connectivity index (χ1n) is 3.13. The lowest BCUT2D eigenvalue weighted by Crippen LogP contribution is -2.29. The monoisotopic (exact) mass is 173 g/mol. The summed E-state index contributed by atoms with van der Waals surface area (Å²) in [5.74, 6) is -0.664. The lowest BCUT2D eigenvalue weighted by molar-refractivity contribution is -0.137. The standard InChI is InChI=1S/C7H11NO4/c1-5(6(9)11-3)8(2)7(10)12-4/h1H2,2-4H3. The van der Waals surface area contributed by atoms with Crippen LogP contribution in [0.2, 0.25) is 0 Å². The fourth-order valence-electron chi connectivity index (χ4n) is 0.502. The molecule has 12 heavy (non-hydrogen) atoms. The van der Waals surface area contributed by atoms with Crippen molar-refractivity contribution < 1.29 is 19.1 Å². The van der Waals surface area contributed by atoms with Crippen LogP contribution in [0.4, 0.5) is 4.79 Å². The quantitative estimate of drug-likeness (QED) is 0.447. The Morgan fingerprint density at radius 1 is 1.25 bits per heavy atom. The van der Waals surface area contributed by atoms with Crippen LogP contribution >= 0.6 is 0 Å². The fraction of sp³-hybridized carbons (Fsp3) is 0.429. The van der Waals surface area contributed by atoms with Gasteiger partial charge in [0.15, 0.2) is 0 Å². The molecular formula is C7H11NO4. The molecule has 0 aliphatic heterocycles. The first-order valence-corrected chi connectivity index (χ1v) is 3.13. The largest absolute Gasteiger partial charge is 0.464 e. The smallest absolute Gasteiger partial charge is 0.413 e. The summed E-state index contributed by atoms with van der Waals surface area (Å²) in [5.41, 5.74) is -0.0654. The van der Waals surface area contributed by atoms with Crippen molar-refractivity contribution in [2.45, 2.75) is 0 Å². The van der Waals surface area contributed by atoms with Gasteiger partial charge < -0.3 is 9.47 Å². The first kappa shape index (κ1) is 10.5. The van der Waals surface area contributed by atoms with E-state index in [0.29, 0.717) is 0 Å². The van der Waals surface area contributed by atoms with E-state index in [-0.39, 0.29) is 5.70 Å². The van der Waals surface area contributed by atoms with Crippen LogP contribution in [0.25, 0.3) is 0 Å². The zero-order valence-corrected chi connectivity index (χ0v) is 7.29. The molecule has 0 saturated carbocycles. The Hall–Kier alpha value is -1.52. The summed E-state index contributed by atoms with van der Waals surface area (Å²) in [6, 6.07) is 0. The number of carbonyl (C=O) groups excluding carboxylic acids is 2. The van der Waals surface area contributed by atoms with E-state index >= 15 is 0 Å². The van der Waals surface area contributed by atoms with Crippen molar-refractivity contribution >= 4 is 12.1 Å². The molecule has 5 heteroatoms. The third kappa shape index (κ3) is 2.26. The molecule has 0 aromatic heterocycles. The lowest BCUT2D eigenvalue weighted by atomic mass is 10.4. The van der Waals surface area contributed by atoms with Crippen LogP contribution in [0.15, 0.2) is 12.3 Å². The molecule has 0 aliphatic carbocycles. The molecular weight excluding hydrogens is 162 g/mol. The Labute approximate surface area is 70.5 Å². The van der Waals surface area contributed by atoms with Crippen LogP contribution in [0.1, 0.15) is 0 Å². The Balaban J connectivity index is 4.29. The number of carbonyl (C=O) groups is 2. The number of nitrogens with zero attached hydrogens (tertiary/aromatic N) is 1. The second kappa shape index (κ2) is 4.38. The van der Waals surface area contributed by atoms with Crippen LogP contribution in [-0.2, 0) is 14.3 Å². The number of likely N-dealkylation sites (N-methyl/N-ethyl adjacent to an activating group) is 1. The predicted octanol–water partition coefficient (Wildman–Crippen LogP) is 0.371. The highest BCUT2D eigenvalue weighted by Gasteiger charge is 2.18. The molecule has 0 aromatic carbocycles. The van der Waals surface area contributed by atoms with Crippen LogP contribution in [-0.4, -0.2) is 38.2 Å². The molecule has 68 valence electrons. The van der Waals surface area contributed by atoms with Gasteiger partial charge in [0, 0.05) is 7.05 Å². The molecule has 0 heterocycles.